The summed E-state index contributed by atoms with van der Waals surface area (Å²) in [5.74, 6) is 0.501. The molecule has 6 heteroatoms. The SMILES string of the molecule is O=C(CCC(=O)c1ccc(Cl)cc1)NCc1ncc2ccccn12. The van der Waals surface area contributed by atoms with Crippen LogP contribution in [0.5, 0.6) is 0 Å². The van der Waals surface area contributed by atoms with Gasteiger partial charge in [0.1, 0.15) is 5.82 Å². The zero-order valence-corrected chi connectivity index (χ0v) is 13.7. The van der Waals surface area contributed by atoms with Crippen LogP contribution in [-0.2, 0) is 11.3 Å². The molecule has 0 atom stereocenters. The molecule has 3 rings (SSSR count). The molecule has 0 aliphatic heterocycles. The fourth-order valence-corrected chi connectivity index (χ4v) is 2.53. The van der Waals surface area contributed by atoms with Gasteiger partial charge in [0.25, 0.3) is 0 Å². The number of aromatic nitrogens is 2. The summed E-state index contributed by atoms with van der Waals surface area (Å²) in [6.45, 7) is 0.326. The molecular formula is C18H16ClN3O2. The Balaban J connectivity index is 1.51. The molecule has 0 spiro atoms. The Morgan fingerprint density at radius 1 is 1.08 bits per heavy atom. The lowest BCUT2D eigenvalue weighted by Crippen LogP contribution is -2.24. The third-order valence-corrected chi connectivity index (χ3v) is 3.96. The molecule has 0 bridgehead atoms. The average molecular weight is 342 g/mol. The van der Waals surface area contributed by atoms with Crippen LogP contribution in [0, 0.1) is 0 Å². The van der Waals surface area contributed by atoms with Crippen molar-refractivity contribution in [3.63, 3.8) is 0 Å². The van der Waals surface area contributed by atoms with Crippen molar-refractivity contribution >= 4 is 28.8 Å². The number of Topliss-reactive ketones (excluding diaryl/α,β-unsaturated/α-hetero) is 1. The standard InChI is InChI=1S/C18H16ClN3O2/c19-14-6-4-13(5-7-14)16(23)8-9-18(24)21-12-17-20-11-15-3-1-2-10-22(15)17/h1-7,10-11H,8-9,12H2,(H,21,24). The van der Waals surface area contributed by atoms with Crippen LogP contribution >= 0.6 is 11.6 Å². The van der Waals surface area contributed by atoms with E-state index in [0.717, 1.165) is 11.3 Å². The molecule has 0 aliphatic rings. The van der Waals surface area contributed by atoms with Gasteiger partial charge in [0.05, 0.1) is 18.3 Å². The minimum Gasteiger partial charge on any atom is -0.349 e. The summed E-state index contributed by atoms with van der Waals surface area (Å²) in [5, 5.41) is 3.38. The molecule has 2 aromatic heterocycles. The Morgan fingerprint density at radius 2 is 1.88 bits per heavy atom. The second-order valence-corrected chi connectivity index (χ2v) is 5.81. The molecule has 0 saturated carbocycles. The number of carbonyl (C=O) groups excluding carboxylic acids is 2. The maximum Gasteiger partial charge on any atom is 0.220 e. The number of pyridine rings is 1. The summed E-state index contributed by atoms with van der Waals surface area (Å²) >= 11 is 5.79. The van der Waals surface area contributed by atoms with Crippen molar-refractivity contribution in [1.82, 2.24) is 14.7 Å². The van der Waals surface area contributed by atoms with Crippen LogP contribution in [0.3, 0.4) is 0 Å². The fourth-order valence-electron chi connectivity index (χ4n) is 2.40. The number of carbonyl (C=O) groups is 2. The van der Waals surface area contributed by atoms with Crippen molar-refractivity contribution < 1.29 is 9.59 Å². The topological polar surface area (TPSA) is 63.5 Å². The minimum atomic E-state index is -0.176. The van der Waals surface area contributed by atoms with Crippen molar-refractivity contribution in [2.24, 2.45) is 0 Å². The van der Waals surface area contributed by atoms with Crippen LogP contribution in [0.1, 0.15) is 29.0 Å². The van der Waals surface area contributed by atoms with Crippen LogP contribution in [0.2, 0.25) is 5.02 Å². The van der Waals surface area contributed by atoms with Gasteiger partial charge in [0.15, 0.2) is 5.78 Å². The van der Waals surface area contributed by atoms with E-state index >= 15 is 0 Å². The third-order valence-electron chi connectivity index (χ3n) is 3.70. The normalized spacial score (nSPS) is 10.7. The zero-order chi connectivity index (χ0) is 16.9. The molecule has 1 amide bonds. The molecule has 24 heavy (non-hydrogen) atoms. The summed E-state index contributed by atoms with van der Waals surface area (Å²) in [7, 11) is 0. The van der Waals surface area contributed by atoms with Gasteiger partial charge >= 0.3 is 0 Å². The van der Waals surface area contributed by atoms with E-state index in [4.69, 9.17) is 11.6 Å². The summed E-state index contributed by atoms with van der Waals surface area (Å²) in [6, 6.07) is 12.4. The first-order valence-electron chi connectivity index (χ1n) is 7.60. The molecule has 0 radical (unpaired) electrons. The predicted octanol–water partition coefficient (Wildman–Crippen LogP) is 3.27. The lowest BCUT2D eigenvalue weighted by atomic mass is 10.1. The fraction of sp³-hybridized carbons (Fsp3) is 0.167. The highest BCUT2D eigenvalue weighted by Gasteiger charge is 2.10. The molecule has 1 N–H and O–H groups in total. The van der Waals surface area contributed by atoms with E-state index in [1.807, 2.05) is 28.8 Å². The molecule has 122 valence electrons. The molecule has 3 aromatic rings. The van der Waals surface area contributed by atoms with Crippen molar-refractivity contribution in [2.75, 3.05) is 0 Å². The average Bonchev–Trinajstić information content (AvgIpc) is 3.01. The number of ketones is 1. The number of nitrogens with one attached hydrogen (secondary N) is 1. The van der Waals surface area contributed by atoms with Gasteiger partial charge in [-0.2, -0.15) is 0 Å². The molecule has 0 fully saturated rings. The van der Waals surface area contributed by atoms with Crippen LogP contribution < -0.4 is 5.32 Å². The van der Waals surface area contributed by atoms with Gasteiger partial charge in [0.2, 0.25) is 5.91 Å². The lowest BCUT2D eigenvalue weighted by molar-refractivity contribution is -0.121. The Kier molecular flexibility index (Phi) is 4.91. The Bertz CT molecular complexity index is 871. The van der Waals surface area contributed by atoms with Gasteiger partial charge in [-0.1, -0.05) is 17.7 Å². The largest absolute Gasteiger partial charge is 0.349 e. The monoisotopic (exact) mass is 341 g/mol. The number of amides is 1. The van der Waals surface area contributed by atoms with Crippen molar-refractivity contribution in [2.45, 2.75) is 19.4 Å². The summed E-state index contributed by atoms with van der Waals surface area (Å²) in [6.07, 6.45) is 3.96. The first kappa shape index (κ1) is 16.2. The first-order chi connectivity index (χ1) is 11.6. The van der Waals surface area contributed by atoms with Gasteiger partial charge < -0.3 is 9.72 Å². The van der Waals surface area contributed by atoms with E-state index in [0.29, 0.717) is 17.1 Å². The van der Waals surface area contributed by atoms with E-state index in [2.05, 4.69) is 10.3 Å². The predicted molar refractivity (Wildman–Crippen MR) is 92.1 cm³/mol. The van der Waals surface area contributed by atoms with E-state index in [9.17, 15) is 9.59 Å². The van der Waals surface area contributed by atoms with Crippen molar-refractivity contribution in [1.29, 1.82) is 0 Å². The van der Waals surface area contributed by atoms with Crippen LogP contribution in [0.15, 0.2) is 54.9 Å². The highest BCUT2D eigenvalue weighted by molar-refractivity contribution is 6.30. The second-order valence-electron chi connectivity index (χ2n) is 5.38. The number of benzene rings is 1. The summed E-state index contributed by atoms with van der Waals surface area (Å²) in [4.78, 5) is 28.3. The number of rotatable bonds is 6. The number of imidazole rings is 1. The van der Waals surface area contributed by atoms with E-state index in [1.165, 1.54) is 0 Å². The Morgan fingerprint density at radius 3 is 2.67 bits per heavy atom. The highest BCUT2D eigenvalue weighted by atomic mass is 35.5. The van der Waals surface area contributed by atoms with Gasteiger partial charge in [0, 0.05) is 29.6 Å². The minimum absolute atomic E-state index is 0.0759. The van der Waals surface area contributed by atoms with Gasteiger partial charge in [-0.15, -0.1) is 0 Å². The van der Waals surface area contributed by atoms with Crippen LogP contribution in [-0.4, -0.2) is 21.1 Å². The molecule has 0 aliphatic carbocycles. The van der Waals surface area contributed by atoms with Crippen LogP contribution in [0.25, 0.3) is 5.52 Å². The van der Waals surface area contributed by atoms with Crippen LogP contribution in [0.4, 0.5) is 0 Å². The zero-order valence-electron chi connectivity index (χ0n) is 12.9. The summed E-state index contributed by atoms with van der Waals surface area (Å²) in [5.41, 5.74) is 1.53. The van der Waals surface area contributed by atoms with Gasteiger partial charge in [-0.25, -0.2) is 4.98 Å². The Hall–Kier alpha value is -2.66. The van der Waals surface area contributed by atoms with Gasteiger partial charge in [-0.05, 0) is 36.4 Å². The number of hydrogen-bond donors (Lipinski definition) is 1. The number of fused-ring (bicyclic) bond motifs is 1. The highest BCUT2D eigenvalue weighted by Crippen LogP contribution is 2.12. The Labute approximate surface area is 144 Å². The van der Waals surface area contributed by atoms with E-state index < -0.39 is 0 Å². The molecule has 0 unspecified atom stereocenters. The molecule has 0 saturated heterocycles. The maximum atomic E-state index is 12.0. The molecular weight excluding hydrogens is 326 g/mol. The number of halogens is 1. The maximum absolute atomic E-state index is 12.0. The molecule has 5 nitrogen and oxygen atoms in total. The van der Waals surface area contributed by atoms with Gasteiger partial charge in [-0.3, -0.25) is 9.59 Å². The summed E-state index contributed by atoms with van der Waals surface area (Å²) < 4.78 is 1.92. The van der Waals surface area contributed by atoms with Crippen molar-refractivity contribution in [3.8, 4) is 0 Å². The van der Waals surface area contributed by atoms with Crippen molar-refractivity contribution in [3.05, 3.63) is 71.3 Å². The number of hydrogen-bond acceptors (Lipinski definition) is 3. The lowest BCUT2D eigenvalue weighted by Gasteiger charge is -2.05. The van der Waals surface area contributed by atoms with E-state index in [-0.39, 0.29) is 24.5 Å². The quantitative estimate of drug-likeness (QED) is 0.700. The third kappa shape index (κ3) is 3.81. The molecule has 2 heterocycles. The number of nitrogens with zero attached hydrogens (tertiary/aromatic N) is 2. The molecule has 1 aromatic carbocycles. The smallest absolute Gasteiger partial charge is 0.220 e. The van der Waals surface area contributed by atoms with E-state index in [1.54, 1.807) is 30.5 Å². The second kappa shape index (κ2) is 7.27. The first-order valence-corrected chi connectivity index (χ1v) is 7.98.